The first kappa shape index (κ1) is 15.5. The maximum absolute atomic E-state index is 11.3. The van der Waals surface area contributed by atoms with Gasteiger partial charge in [0.2, 0.25) is 5.91 Å². The van der Waals surface area contributed by atoms with Gasteiger partial charge in [0.05, 0.1) is 0 Å². The lowest BCUT2D eigenvalue weighted by Crippen LogP contribution is -2.26. The van der Waals surface area contributed by atoms with Crippen LogP contribution in [0, 0.1) is 18.3 Å². The van der Waals surface area contributed by atoms with E-state index in [1.807, 2.05) is 24.3 Å². The standard InChI is InChI=1S/C15H23NO/c1-4-5-6-7-8-9-10-11-12-15(17)16-13-14(2)3/h1,7-10,14H,5-6,11-13H2,2-3H3,(H,16,17). The zero-order chi connectivity index (χ0) is 12.9. The van der Waals surface area contributed by atoms with Crippen LogP contribution < -0.4 is 5.32 Å². The molecule has 0 aromatic carbocycles. The number of carbonyl (C=O) groups excluding carboxylic acids is 1. The van der Waals surface area contributed by atoms with Crippen LogP contribution in [-0.4, -0.2) is 12.5 Å². The Morgan fingerprint density at radius 2 is 1.94 bits per heavy atom. The van der Waals surface area contributed by atoms with Crippen LogP contribution in [0.4, 0.5) is 0 Å². The lowest BCUT2D eigenvalue weighted by molar-refractivity contribution is -0.121. The van der Waals surface area contributed by atoms with Crippen LogP contribution in [0.25, 0.3) is 0 Å². The van der Waals surface area contributed by atoms with Gasteiger partial charge in [0, 0.05) is 19.4 Å². The zero-order valence-corrected chi connectivity index (χ0v) is 10.9. The molecule has 0 aliphatic rings. The molecule has 2 nitrogen and oxygen atoms in total. The Labute approximate surface area is 105 Å². The molecule has 0 fully saturated rings. The molecule has 0 aromatic heterocycles. The van der Waals surface area contributed by atoms with Gasteiger partial charge in [0.15, 0.2) is 0 Å². The smallest absolute Gasteiger partial charge is 0.220 e. The molecule has 1 N–H and O–H groups in total. The Morgan fingerprint density at radius 1 is 1.29 bits per heavy atom. The highest BCUT2D eigenvalue weighted by Crippen LogP contribution is 1.95. The van der Waals surface area contributed by atoms with Crippen LogP contribution in [0.5, 0.6) is 0 Å². The molecule has 94 valence electrons. The number of hydrogen-bond acceptors (Lipinski definition) is 1. The molecule has 2 heteroatoms. The molecule has 17 heavy (non-hydrogen) atoms. The van der Waals surface area contributed by atoms with Gasteiger partial charge in [-0.3, -0.25) is 4.79 Å². The summed E-state index contributed by atoms with van der Waals surface area (Å²) in [6.45, 7) is 4.93. The van der Waals surface area contributed by atoms with Gasteiger partial charge in [-0.1, -0.05) is 38.2 Å². The molecule has 0 saturated carbocycles. The SMILES string of the molecule is C#CCCC=CC=CCCC(=O)NCC(C)C. The van der Waals surface area contributed by atoms with Crippen LogP contribution in [0.1, 0.15) is 39.5 Å². The highest BCUT2D eigenvalue weighted by Gasteiger charge is 1.99. The normalized spacial score (nSPS) is 11.2. The van der Waals surface area contributed by atoms with E-state index in [4.69, 9.17) is 6.42 Å². The molecule has 0 rings (SSSR count). The van der Waals surface area contributed by atoms with Gasteiger partial charge in [0.1, 0.15) is 0 Å². The third-order valence-electron chi connectivity index (χ3n) is 2.08. The summed E-state index contributed by atoms with van der Waals surface area (Å²) in [5, 5.41) is 2.89. The van der Waals surface area contributed by atoms with Crippen LogP contribution >= 0.6 is 0 Å². The van der Waals surface area contributed by atoms with Crippen molar-refractivity contribution in [2.45, 2.75) is 39.5 Å². The van der Waals surface area contributed by atoms with E-state index in [-0.39, 0.29) is 5.91 Å². The summed E-state index contributed by atoms with van der Waals surface area (Å²) in [5.74, 6) is 3.21. The van der Waals surface area contributed by atoms with E-state index in [2.05, 4.69) is 25.1 Å². The van der Waals surface area contributed by atoms with Crippen molar-refractivity contribution in [1.82, 2.24) is 5.32 Å². The summed E-state index contributed by atoms with van der Waals surface area (Å²) in [5.41, 5.74) is 0. The topological polar surface area (TPSA) is 29.1 Å². The average molecular weight is 233 g/mol. The molecule has 0 unspecified atom stereocenters. The van der Waals surface area contributed by atoms with E-state index in [0.29, 0.717) is 12.3 Å². The molecule has 1 amide bonds. The number of rotatable bonds is 8. The van der Waals surface area contributed by atoms with Crippen molar-refractivity contribution in [2.24, 2.45) is 5.92 Å². The Hall–Kier alpha value is -1.49. The van der Waals surface area contributed by atoms with Gasteiger partial charge >= 0.3 is 0 Å². The second-order valence-corrected chi connectivity index (χ2v) is 4.34. The lowest BCUT2D eigenvalue weighted by atomic mass is 10.2. The molecule has 0 saturated heterocycles. The monoisotopic (exact) mass is 233 g/mol. The number of terminal acetylenes is 1. The number of unbranched alkanes of at least 4 members (excludes halogenated alkanes) is 1. The minimum Gasteiger partial charge on any atom is -0.356 e. The fraction of sp³-hybridized carbons (Fsp3) is 0.533. The van der Waals surface area contributed by atoms with E-state index in [1.54, 1.807) is 0 Å². The average Bonchev–Trinajstić information content (AvgIpc) is 2.30. The first-order valence-electron chi connectivity index (χ1n) is 6.18. The summed E-state index contributed by atoms with van der Waals surface area (Å²) < 4.78 is 0. The van der Waals surface area contributed by atoms with E-state index >= 15 is 0 Å². The van der Waals surface area contributed by atoms with Gasteiger partial charge in [-0.05, 0) is 18.8 Å². The summed E-state index contributed by atoms with van der Waals surface area (Å²) in [6, 6.07) is 0. The van der Waals surface area contributed by atoms with Crippen molar-refractivity contribution in [3.63, 3.8) is 0 Å². The minimum absolute atomic E-state index is 0.125. The van der Waals surface area contributed by atoms with E-state index in [9.17, 15) is 4.79 Å². The highest BCUT2D eigenvalue weighted by molar-refractivity contribution is 5.75. The van der Waals surface area contributed by atoms with Crippen molar-refractivity contribution >= 4 is 5.91 Å². The summed E-state index contributed by atoms with van der Waals surface area (Å²) in [7, 11) is 0. The number of carbonyl (C=O) groups is 1. The van der Waals surface area contributed by atoms with Crippen LogP contribution in [-0.2, 0) is 4.79 Å². The molecule has 0 aliphatic carbocycles. The van der Waals surface area contributed by atoms with Gasteiger partial charge in [-0.25, -0.2) is 0 Å². The van der Waals surface area contributed by atoms with Crippen LogP contribution in [0.15, 0.2) is 24.3 Å². The van der Waals surface area contributed by atoms with Gasteiger partial charge in [-0.15, -0.1) is 12.3 Å². The maximum atomic E-state index is 11.3. The second kappa shape index (κ2) is 11.0. The molecule has 0 aromatic rings. The fourth-order valence-electron chi connectivity index (χ4n) is 1.14. The van der Waals surface area contributed by atoms with Gasteiger partial charge < -0.3 is 5.32 Å². The summed E-state index contributed by atoms with van der Waals surface area (Å²) in [4.78, 5) is 11.3. The maximum Gasteiger partial charge on any atom is 0.220 e. The molecule has 0 spiro atoms. The number of hydrogen-bond donors (Lipinski definition) is 1. The Bertz CT molecular complexity index is 295. The molecular formula is C15H23NO. The Kier molecular flexibility index (Phi) is 10.0. The Balaban J connectivity index is 3.49. The lowest BCUT2D eigenvalue weighted by Gasteiger charge is -2.05. The molecule has 0 aliphatic heterocycles. The predicted octanol–water partition coefficient (Wildman–Crippen LogP) is 3.06. The zero-order valence-electron chi connectivity index (χ0n) is 10.9. The van der Waals surface area contributed by atoms with Gasteiger partial charge in [-0.2, -0.15) is 0 Å². The summed E-state index contributed by atoms with van der Waals surface area (Å²) in [6.07, 6.45) is 16.1. The van der Waals surface area contributed by atoms with Crippen molar-refractivity contribution in [2.75, 3.05) is 6.54 Å². The number of allylic oxidation sites excluding steroid dienone is 4. The largest absolute Gasteiger partial charge is 0.356 e. The molecule has 0 atom stereocenters. The van der Waals surface area contributed by atoms with Crippen LogP contribution in [0.3, 0.4) is 0 Å². The first-order valence-corrected chi connectivity index (χ1v) is 6.18. The highest BCUT2D eigenvalue weighted by atomic mass is 16.1. The van der Waals surface area contributed by atoms with Crippen molar-refractivity contribution < 1.29 is 4.79 Å². The minimum atomic E-state index is 0.125. The molecule has 0 bridgehead atoms. The van der Waals surface area contributed by atoms with E-state index in [0.717, 1.165) is 25.8 Å². The second-order valence-electron chi connectivity index (χ2n) is 4.34. The first-order chi connectivity index (χ1) is 8.16. The molecule has 0 radical (unpaired) electrons. The third-order valence-corrected chi connectivity index (χ3v) is 2.08. The van der Waals surface area contributed by atoms with E-state index in [1.165, 1.54) is 0 Å². The predicted molar refractivity (Wildman–Crippen MR) is 73.4 cm³/mol. The number of nitrogens with one attached hydrogen (secondary N) is 1. The molecule has 0 heterocycles. The summed E-state index contributed by atoms with van der Waals surface area (Å²) >= 11 is 0. The van der Waals surface area contributed by atoms with Crippen molar-refractivity contribution in [1.29, 1.82) is 0 Å². The van der Waals surface area contributed by atoms with Crippen LogP contribution in [0.2, 0.25) is 0 Å². The molecular weight excluding hydrogens is 210 g/mol. The number of amides is 1. The van der Waals surface area contributed by atoms with Gasteiger partial charge in [0.25, 0.3) is 0 Å². The third kappa shape index (κ3) is 12.4. The van der Waals surface area contributed by atoms with Crippen molar-refractivity contribution in [3.8, 4) is 12.3 Å². The Morgan fingerprint density at radius 3 is 2.53 bits per heavy atom. The fourth-order valence-corrected chi connectivity index (χ4v) is 1.14. The van der Waals surface area contributed by atoms with E-state index < -0.39 is 0 Å². The quantitative estimate of drug-likeness (QED) is 0.389. The van der Waals surface area contributed by atoms with Crippen molar-refractivity contribution in [3.05, 3.63) is 24.3 Å².